The van der Waals surface area contributed by atoms with E-state index < -0.39 is 0 Å². The predicted octanol–water partition coefficient (Wildman–Crippen LogP) is 2.80. The number of hydrogen-bond donors (Lipinski definition) is 1. The minimum Gasteiger partial charge on any atom is -0.355 e. The molecule has 0 saturated heterocycles. The van der Waals surface area contributed by atoms with Gasteiger partial charge in [-0.05, 0) is 46.0 Å². The highest BCUT2D eigenvalue weighted by Gasteiger charge is 2.10. The maximum atomic E-state index is 11.9. The summed E-state index contributed by atoms with van der Waals surface area (Å²) in [6.07, 6.45) is 4.69. The van der Waals surface area contributed by atoms with E-state index in [9.17, 15) is 4.79 Å². The minimum absolute atomic E-state index is 0.0672. The Hall–Kier alpha value is -1.18. The number of nitrogens with zero attached hydrogens (tertiary/aromatic N) is 3. The fourth-order valence-electron chi connectivity index (χ4n) is 2.14. The van der Waals surface area contributed by atoms with Crippen molar-refractivity contribution in [2.75, 3.05) is 32.9 Å². The molecule has 2 aromatic heterocycles. The van der Waals surface area contributed by atoms with Crippen LogP contribution < -0.4 is 5.32 Å². The predicted molar refractivity (Wildman–Crippen MR) is 98.3 cm³/mol. The van der Waals surface area contributed by atoms with Crippen molar-refractivity contribution in [2.45, 2.75) is 31.2 Å². The minimum atomic E-state index is 0.0672. The van der Waals surface area contributed by atoms with Crippen LogP contribution in [0.15, 0.2) is 17.4 Å². The summed E-state index contributed by atoms with van der Waals surface area (Å²) in [5, 5.41) is 4.94. The molecule has 0 spiro atoms. The maximum absolute atomic E-state index is 11.9. The van der Waals surface area contributed by atoms with Crippen LogP contribution in [-0.2, 0) is 11.2 Å². The molecule has 126 valence electrons. The molecule has 0 fully saturated rings. The van der Waals surface area contributed by atoms with E-state index in [0.717, 1.165) is 47.6 Å². The molecule has 0 aromatic carbocycles. The number of unbranched alkanes of at least 4 members (excludes halogenated alkanes) is 1. The second-order valence-electron chi connectivity index (χ2n) is 5.61. The molecule has 2 rings (SSSR count). The third-order valence-electron chi connectivity index (χ3n) is 3.39. The normalized spacial score (nSPS) is 11.3. The highest BCUT2D eigenvalue weighted by Crippen LogP contribution is 2.30. The van der Waals surface area contributed by atoms with Crippen LogP contribution in [0, 0.1) is 0 Å². The van der Waals surface area contributed by atoms with Crippen molar-refractivity contribution in [3.8, 4) is 0 Å². The third kappa shape index (κ3) is 5.75. The summed E-state index contributed by atoms with van der Waals surface area (Å²) in [4.78, 5) is 25.0. The van der Waals surface area contributed by atoms with E-state index >= 15 is 0 Å². The summed E-state index contributed by atoms with van der Waals surface area (Å²) in [7, 11) is 4.12. The van der Waals surface area contributed by atoms with Gasteiger partial charge in [0.05, 0.1) is 5.75 Å². The molecule has 7 heteroatoms. The monoisotopic (exact) mass is 352 g/mol. The number of hydrogen-bond acceptors (Lipinski definition) is 6. The molecule has 1 amide bonds. The summed E-state index contributed by atoms with van der Waals surface area (Å²) >= 11 is 3.18. The largest absolute Gasteiger partial charge is 0.355 e. The fraction of sp³-hybridized carbons (Fsp3) is 0.562. The van der Waals surface area contributed by atoms with Crippen LogP contribution in [0.3, 0.4) is 0 Å². The lowest BCUT2D eigenvalue weighted by molar-refractivity contribution is -0.118. The van der Waals surface area contributed by atoms with E-state index in [2.05, 4.69) is 47.3 Å². The Labute approximate surface area is 145 Å². The first-order chi connectivity index (χ1) is 11.1. The van der Waals surface area contributed by atoms with Crippen LogP contribution in [-0.4, -0.2) is 53.7 Å². The molecule has 2 heterocycles. The average Bonchev–Trinajstić information content (AvgIpc) is 2.96. The van der Waals surface area contributed by atoms with Crippen molar-refractivity contribution in [3.05, 3.63) is 17.3 Å². The summed E-state index contributed by atoms with van der Waals surface area (Å²) in [6.45, 7) is 3.93. The van der Waals surface area contributed by atoms with Crippen LogP contribution in [0.5, 0.6) is 0 Å². The molecular weight excluding hydrogens is 328 g/mol. The number of nitrogens with one attached hydrogen (secondary N) is 1. The van der Waals surface area contributed by atoms with Gasteiger partial charge in [-0.15, -0.1) is 11.3 Å². The van der Waals surface area contributed by atoms with Gasteiger partial charge in [0.15, 0.2) is 0 Å². The van der Waals surface area contributed by atoms with Crippen LogP contribution in [0.1, 0.15) is 24.6 Å². The first-order valence-corrected chi connectivity index (χ1v) is 9.68. The number of rotatable bonds is 9. The van der Waals surface area contributed by atoms with Gasteiger partial charge < -0.3 is 10.2 Å². The third-order valence-corrected chi connectivity index (χ3v) is 5.58. The highest BCUT2D eigenvalue weighted by molar-refractivity contribution is 8.00. The molecule has 23 heavy (non-hydrogen) atoms. The van der Waals surface area contributed by atoms with E-state index in [1.807, 2.05) is 0 Å². The molecule has 0 saturated carbocycles. The van der Waals surface area contributed by atoms with Crippen molar-refractivity contribution in [3.63, 3.8) is 0 Å². The maximum Gasteiger partial charge on any atom is 0.230 e. The molecule has 0 aliphatic carbocycles. The average molecular weight is 353 g/mol. The zero-order valence-corrected chi connectivity index (χ0v) is 15.6. The standard InChI is InChI=1S/C16H24N4OS2/c1-4-12-9-13-15(18-11-19-16(13)23-12)22-10-14(21)17-7-5-6-8-20(2)3/h9,11H,4-8,10H2,1-3H3,(H,17,21). The molecule has 0 unspecified atom stereocenters. The first-order valence-electron chi connectivity index (χ1n) is 7.87. The zero-order valence-electron chi connectivity index (χ0n) is 14.0. The molecule has 0 radical (unpaired) electrons. The quantitative estimate of drug-likeness (QED) is 0.427. The Morgan fingerprint density at radius 3 is 2.91 bits per heavy atom. The van der Waals surface area contributed by atoms with Crippen LogP contribution in [0.2, 0.25) is 0 Å². The molecule has 0 aliphatic heterocycles. The second kappa shape index (κ2) is 9.20. The van der Waals surface area contributed by atoms with Crippen molar-refractivity contribution < 1.29 is 4.79 Å². The smallest absolute Gasteiger partial charge is 0.230 e. The fourth-order valence-corrected chi connectivity index (χ4v) is 3.94. The van der Waals surface area contributed by atoms with Crippen molar-refractivity contribution in [2.24, 2.45) is 0 Å². The summed E-state index contributed by atoms with van der Waals surface area (Å²) in [6, 6.07) is 2.14. The van der Waals surface area contributed by atoms with Gasteiger partial charge in [-0.25, -0.2) is 9.97 Å². The lowest BCUT2D eigenvalue weighted by atomic mass is 10.3. The molecule has 2 aromatic rings. The van der Waals surface area contributed by atoms with E-state index in [1.165, 1.54) is 16.6 Å². The number of carbonyl (C=O) groups excluding carboxylic acids is 1. The van der Waals surface area contributed by atoms with Gasteiger partial charge in [-0.1, -0.05) is 18.7 Å². The number of fused-ring (bicyclic) bond motifs is 1. The summed E-state index contributed by atoms with van der Waals surface area (Å²) in [5.74, 6) is 0.467. The Morgan fingerprint density at radius 1 is 1.35 bits per heavy atom. The number of thiophene rings is 1. The van der Waals surface area contributed by atoms with Gasteiger partial charge in [0, 0.05) is 16.8 Å². The second-order valence-corrected chi connectivity index (χ2v) is 7.69. The van der Waals surface area contributed by atoms with E-state index in [1.54, 1.807) is 17.7 Å². The number of aromatic nitrogens is 2. The zero-order chi connectivity index (χ0) is 16.7. The van der Waals surface area contributed by atoms with E-state index in [-0.39, 0.29) is 5.91 Å². The van der Waals surface area contributed by atoms with Crippen molar-refractivity contribution in [1.29, 1.82) is 0 Å². The first kappa shape index (κ1) is 18.2. The Kier molecular flexibility index (Phi) is 7.26. The van der Waals surface area contributed by atoms with Gasteiger partial charge >= 0.3 is 0 Å². The van der Waals surface area contributed by atoms with Crippen molar-refractivity contribution in [1.82, 2.24) is 20.2 Å². The molecule has 0 bridgehead atoms. The lowest BCUT2D eigenvalue weighted by Gasteiger charge is -2.09. The van der Waals surface area contributed by atoms with Crippen LogP contribution in [0.4, 0.5) is 0 Å². The van der Waals surface area contributed by atoms with Gasteiger partial charge in [0.1, 0.15) is 16.2 Å². The molecule has 0 aliphatic rings. The molecule has 5 nitrogen and oxygen atoms in total. The lowest BCUT2D eigenvalue weighted by Crippen LogP contribution is -2.26. The Bertz CT molecular complexity index is 642. The van der Waals surface area contributed by atoms with Gasteiger partial charge in [0.2, 0.25) is 5.91 Å². The SMILES string of the molecule is CCc1cc2c(SCC(=O)NCCCCN(C)C)ncnc2s1. The van der Waals surface area contributed by atoms with E-state index in [4.69, 9.17) is 0 Å². The van der Waals surface area contributed by atoms with Crippen molar-refractivity contribution >= 4 is 39.2 Å². The summed E-state index contributed by atoms with van der Waals surface area (Å²) in [5.41, 5.74) is 0. The van der Waals surface area contributed by atoms with Crippen LogP contribution in [0.25, 0.3) is 10.2 Å². The van der Waals surface area contributed by atoms with Gasteiger partial charge in [-0.2, -0.15) is 0 Å². The number of carbonyl (C=O) groups is 1. The van der Waals surface area contributed by atoms with Gasteiger partial charge in [-0.3, -0.25) is 4.79 Å². The number of thioether (sulfide) groups is 1. The Morgan fingerprint density at radius 2 is 2.17 bits per heavy atom. The number of amides is 1. The summed E-state index contributed by atoms with van der Waals surface area (Å²) < 4.78 is 0. The van der Waals surface area contributed by atoms with Gasteiger partial charge in [0.25, 0.3) is 0 Å². The topological polar surface area (TPSA) is 58.1 Å². The number of aryl methyl sites for hydroxylation is 1. The highest BCUT2D eigenvalue weighted by atomic mass is 32.2. The van der Waals surface area contributed by atoms with E-state index in [0.29, 0.717) is 5.75 Å². The molecular formula is C16H24N4OS2. The molecule has 1 N–H and O–H groups in total. The molecule has 0 atom stereocenters. The van der Waals surface area contributed by atoms with Crippen LogP contribution >= 0.6 is 23.1 Å². The Balaban J connectivity index is 1.79.